The summed E-state index contributed by atoms with van der Waals surface area (Å²) in [5.41, 5.74) is 1.95. The Labute approximate surface area is 96.3 Å². The summed E-state index contributed by atoms with van der Waals surface area (Å²) in [7, 11) is 0. The summed E-state index contributed by atoms with van der Waals surface area (Å²) in [4.78, 5) is 11.6. The maximum Gasteiger partial charge on any atom is 0.152 e. The van der Waals surface area contributed by atoms with Crippen LogP contribution in [0.5, 0.6) is 0 Å². The minimum atomic E-state index is 0.177. The Morgan fingerprint density at radius 1 is 1.69 bits per heavy atom. The van der Waals surface area contributed by atoms with Crippen LogP contribution in [-0.4, -0.2) is 28.7 Å². The van der Waals surface area contributed by atoms with Crippen LogP contribution in [0.1, 0.15) is 18.3 Å². The van der Waals surface area contributed by atoms with Crippen LogP contribution in [0.2, 0.25) is 0 Å². The molecular weight excluding hydrogens is 202 g/mol. The lowest BCUT2D eigenvalue weighted by molar-refractivity contribution is -0.117. The highest BCUT2D eigenvalue weighted by atomic mass is 16.1. The van der Waals surface area contributed by atoms with Crippen LogP contribution < -0.4 is 5.32 Å². The summed E-state index contributed by atoms with van der Waals surface area (Å²) in [6, 6.07) is 1.97. The molecule has 0 saturated carbocycles. The number of hydrogen-bond donors (Lipinski definition) is 1. The normalized spacial score (nSPS) is 10.4. The number of ketones is 1. The van der Waals surface area contributed by atoms with Crippen LogP contribution in [0.15, 0.2) is 18.7 Å². The first kappa shape index (κ1) is 12.6. The van der Waals surface area contributed by atoms with Gasteiger partial charge in [0.2, 0.25) is 0 Å². The Morgan fingerprint density at radius 2 is 2.44 bits per heavy atom. The van der Waals surface area contributed by atoms with E-state index in [0.29, 0.717) is 19.5 Å². The quantitative estimate of drug-likeness (QED) is 0.554. The van der Waals surface area contributed by atoms with Crippen LogP contribution in [-0.2, 0) is 17.8 Å². The highest BCUT2D eigenvalue weighted by Crippen LogP contribution is 2.04. The molecule has 0 atom stereocenters. The minimum absolute atomic E-state index is 0.177. The highest BCUT2D eigenvalue weighted by molar-refractivity contribution is 5.82. The smallest absolute Gasteiger partial charge is 0.152 e. The van der Waals surface area contributed by atoms with Crippen LogP contribution >= 0.6 is 0 Å². The van der Waals surface area contributed by atoms with Crippen LogP contribution in [0.25, 0.3) is 0 Å². The van der Waals surface area contributed by atoms with E-state index in [-0.39, 0.29) is 5.78 Å². The minimum Gasteiger partial charge on any atom is -0.307 e. The van der Waals surface area contributed by atoms with Crippen molar-refractivity contribution in [2.24, 2.45) is 0 Å². The standard InChI is InChI=1S/C12H19N3O/c1-4-6-13-9-12(16)8-11-7-10(3)14-15(11)5-2/h4,7,13H,1,5-6,8-9H2,2-3H3. The molecule has 4 nitrogen and oxygen atoms in total. The first-order chi connectivity index (χ1) is 7.67. The van der Waals surface area contributed by atoms with Gasteiger partial charge in [0.25, 0.3) is 0 Å². The van der Waals surface area contributed by atoms with Crippen molar-refractivity contribution in [3.8, 4) is 0 Å². The third-order valence-electron chi connectivity index (χ3n) is 2.27. The molecule has 0 aliphatic heterocycles. The van der Waals surface area contributed by atoms with Crippen LogP contribution in [0, 0.1) is 6.92 Å². The number of Topliss-reactive ketones (excluding diaryl/α,β-unsaturated/α-hetero) is 1. The number of nitrogens with zero attached hydrogens (tertiary/aromatic N) is 2. The summed E-state index contributed by atoms with van der Waals surface area (Å²) in [6.07, 6.45) is 2.19. The largest absolute Gasteiger partial charge is 0.307 e. The topological polar surface area (TPSA) is 46.9 Å². The Bertz CT molecular complexity index is 368. The summed E-state index contributed by atoms with van der Waals surface area (Å²) in [5.74, 6) is 0.177. The van der Waals surface area contributed by atoms with Gasteiger partial charge < -0.3 is 5.32 Å². The lowest BCUT2D eigenvalue weighted by Gasteiger charge is -2.04. The molecule has 0 unspecified atom stereocenters. The Kier molecular flexibility index (Phi) is 4.92. The molecule has 1 aromatic rings. The van der Waals surface area contributed by atoms with E-state index in [9.17, 15) is 4.79 Å². The van der Waals surface area contributed by atoms with E-state index in [1.165, 1.54) is 0 Å². The van der Waals surface area contributed by atoms with E-state index in [1.807, 2.05) is 24.6 Å². The Hall–Kier alpha value is -1.42. The molecule has 4 heteroatoms. The van der Waals surface area contributed by atoms with E-state index in [4.69, 9.17) is 0 Å². The number of aromatic nitrogens is 2. The molecule has 0 aliphatic rings. The second-order valence-corrected chi connectivity index (χ2v) is 3.73. The fraction of sp³-hybridized carbons (Fsp3) is 0.500. The zero-order valence-corrected chi connectivity index (χ0v) is 9.99. The van der Waals surface area contributed by atoms with E-state index in [2.05, 4.69) is 17.0 Å². The Morgan fingerprint density at radius 3 is 3.06 bits per heavy atom. The second kappa shape index (κ2) is 6.23. The van der Waals surface area contributed by atoms with Crippen LogP contribution in [0.3, 0.4) is 0 Å². The highest BCUT2D eigenvalue weighted by Gasteiger charge is 2.08. The molecule has 0 amide bonds. The molecule has 1 heterocycles. The van der Waals surface area contributed by atoms with E-state index in [1.54, 1.807) is 6.08 Å². The van der Waals surface area contributed by atoms with Gasteiger partial charge in [-0.15, -0.1) is 6.58 Å². The van der Waals surface area contributed by atoms with Gasteiger partial charge in [0.15, 0.2) is 5.78 Å². The van der Waals surface area contributed by atoms with Gasteiger partial charge in [-0.05, 0) is 19.9 Å². The second-order valence-electron chi connectivity index (χ2n) is 3.73. The molecule has 0 fully saturated rings. The fourth-order valence-corrected chi connectivity index (χ4v) is 1.59. The maximum atomic E-state index is 11.6. The fourth-order valence-electron chi connectivity index (χ4n) is 1.59. The number of aryl methyl sites for hydroxylation is 2. The van der Waals surface area contributed by atoms with E-state index >= 15 is 0 Å². The molecule has 1 N–H and O–H groups in total. The van der Waals surface area contributed by atoms with Crippen molar-refractivity contribution < 1.29 is 4.79 Å². The average Bonchev–Trinajstić information content (AvgIpc) is 2.59. The zero-order valence-electron chi connectivity index (χ0n) is 9.99. The monoisotopic (exact) mass is 221 g/mol. The molecule has 0 radical (unpaired) electrons. The summed E-state index contributed by atoms with van der Waals surface area (Å²) < 4.78 is 1.88. The number of hydrogen-bond acceptors (Lipinski definition) is 3. The molecule has 0 spiro atoms. The number of carbonyl (C=O) groups excluding carboxylic acids is 1. The summed E-state index contributed by atoms with van der Waals surface area (Å²) in [6.45, 7) is 9.40. The van der Waals surface area contributed by atoms with Crippen molar-refractivity contribution in [2.45, 2.75) is 26.8 Å². The molecule has 0 aliphatic carbocycles. The average molecular weight is 221 g/mol. The lowest BCUT2D eigenvalue weighted by Crippen LogP contribution is -2.25. The van der Waals surface area contributed by atoms with Gasteiger partial charge in [-0.3, -0.25) is 9.48 Å². The number of rotatable bonds is 7. The van der Waals surface area contributed by atoms with Gasteiger partial charge in [-0.2, -0.15) is 5.10 Å². The predicted molar refractivity (Wildman–Crippen MR) is 64.4 cm³/mol. The number of carbonyl (C=O) groups is 1. The van der Waals surface area contributed by atoms with Gasteiger partial charge in [-0.1, -0.05) is 6.08 Å². The SMILES string of the molecule is C=CCNCC(=O)Cc1cc(C)nn1CC. The van der Waals surface area contributed by atoms with Gasteiger partial charge in [0.1, 0.15) is 0 Å². The van der Waals surface area contributed by atoms with Crippen molar-refractivity contribution in [3.05, 3.63) is 30.1 Å². The van der Waals surface area contributed by atoms with Gasteiger partial charge in [0, 0.05) is 25.2 Å². The third-order valence-corrected chi connectivity index (χ3v) is 2.27. The van der Waals surface area contributed by atoms with E-state index in [0.717, 1.165) is 17.9 Å². The maximum absolute atomic E-state index is 11.6. The molecule has 88 valence electrons. The molecule has 0 bridgehead atoms. The van der Waals surface area contributed by atoms with Crippen LogP contribution in [0.4, 0.5) is 0 Å². The molecule has 1 aromatic heterocycles. The Balaban J connectivity index is 2.51. The third kappa shape index (κ3) is 3.62. The summed E-state index contributed by atoms with van der Waals surface area (Å²) >= 11 is 0. The van der Waals surface area contributed by atoms with Gasteiger partial charge in [-0.25, -0.2) is 0 Å². The molecular formula is C12H19N3O. The van der Waals surface area contributed by atoms with Gasteiger partial charge in [0.05, 0.1) is 12.2 Å². The first-order valence-electron chi connectivity index (χ1n) is 5.54. The predicted octanol–water partition coefficient (Wildman–Crippen LogP) is 1.10. The van der Waals surface area contributed by atoms with Crippen molar-refractivity contribution in [2.75, 3.05) is 13.1 Å². The van der Waals surface area contributed by atoms with Crippen molar-refractivity contribution in [3.63, 3.8) is 0 Å². The van der Waals surface area contributed by atoms with Crippen molar-refractivity contribution in [1.29, 1.82) is 0 Å². The molecule has 0 aromatic carbocycles. The van der Waals surface area contributed by atoms with Crippen molar-refractivity contribution >= 4 is 5.78 Å². The van der Waals surface area contributed by atoms with Crippen molar-refractivity contribution in [1.82, 2.24) is 15.1 Å². The zero-order chi connectivity index (χ0) is 12.0. The van der Waals surface area contributed by atoms with Gasteiger partial charge >= 0.3 is 0 Å². The first-order valence-corrected chi connectivity index (χ1v) is 5.54. The molecule has 0 saturated heterocycles. The van der Waals surface area contributed by atoms with E-state index < -0.39 is 0 Å². The molecule has 1 rings (SSSR count). The lowest BCUT2D eigenvalue weighted by atomic mass is 10.2. The summed E-state index contributed by atoms with van der Waals surface area (Å²) in [5, 5.41) is 7.31. The molecule has 16 heavy (non-hydrogen) atoms. The number of nitrogens with one attached hydrogen (secondary N) is 1.